The molecule has 5 nitrogen and oxygen atoms in total. The van der Waals surface area contributed by atoms with Crippen LogP contribution in [-0.2, 0) is 0 Å². The first kappa shape index (κ1) is 14.1. The molecule has 1 atom stereocenters. The molecule has 2 aromatic rings. The van der Waals surface area contributed by atoms with Crippen molar-refractivity contribution in [3.63, 3.8) is 0 Å². The minimum Gasteiger partial charge on any atom is -0.366 e. The number of carbonyl (C=O) groups is 1. The number of imidazole rings is 1. The molecule has 3 N–H and O–H groups in total. The molecule has 0 saturated carbocycles. The number of nitrogens with zero attached hydrogens (tertiary/aromatic N) is 2. The Morgan fingerprint density at radius 3 is 3.05 bits per heavy atom. The van der Waals surface area contributed by atoms with Gasteiger partial charge >= 0.3 is 0 Å². The highest BCUT2D eigenvalue weighted by Crippen LogP contribution is 2.28. The molecular formula is C16H22N4O. The van der Waals surface area contributed by atoms with Crippen LogP contribution in [0.3, 0.4) is 0 Å². The molecule has 1 aromatic carbocycles. The molecule has 1 aromatic heterocycles. The van der Waals surface area contributed by atoms with Crippen molar-refractivity contribution in [2.75, 3.05) is 19.6 Å². The standard InChI is InChI=1S/C16H22N4O/c1-10(2)8-20-7-6-11(9-20)16-18-13-5-3-4-12(15(17)21)14(13)19-16/h3-5,10-11H,6-9H2,1-2H3,(H2,17,21)(H,18,19)/t11-/m0/s1. The Kier molecular flexibility index (Phi) is 3.68. The molecule has 0 bridgehead atoms. The summed E-state index contributed by atoms with van der Waals surface area (Å²) < 4.78 is 0. The molecule has 0 unspecified atom stereocenters. The zero-order valence-corrected chi connectivity index (χ0v) is 12.6. The quantitative estimate of drug-likeness (QED) is 0.904. The van der Waals surface area contributed by atoms with Crippen LogP contribution in [0.1, 0.15) is 42.4 Å². The number of hydrogen-bond acceptors (Lipinski definition) is 3. The number of hydrogen-bond donors (Lipinski definition) is 2. The summed E-state index contributed by atoms with van der Waals surface area (Å²) in [5.41, 5.74) is 7.50. The van der Waals surface area contributed by atoms with Crippen molar-refractivity contribution in [1.82, 2.24) is 14.9 Å². The highest BCUT2D eigenvalue weighted by atomic mass is 16.1. The van der Waals surface area contributed by atoms with E-state index in [0.29, 0.717) is 22.9 Å². The van der Waals surface area contributed by atoms with Gasteiger partial charge < -0.3 is 15.6 Å². The van der Waals surface area contributed by atoms with E-state index >= 15 is 0 Å². The maximum absolute atomic E-state index is 11.5. The Bertz CT molecular complexity index is 661. The van der Waals surface area contributed by atoms with Gasteiger partial charge in [-0.05, 0) is 31.0 Å². The van der Waals surface area contributed by atoms with Crippen LogP contribution in [0.25, 0.3) is 11.0 Å². The Morgan fingerprint density at radius 2 is 2.33 bits per heavy atom. The van der Waals surface area contributed by atoms with Crippen LogP contribution >= 0.6 is 0 Å². The van der Waals surface area contributed by atoms with Gasteiger partial charge in [0.1, 0.15) is 11.3 Å². The molecule has 1 saturated heterocycles. The van der Waals surface area contributed by atoms with Crippen molar-refractivity contribution in [3.05, 3.63) is 29.6 Å². The number of benzene rings is 1. The largest absolute Gasteiger partial charge is 0.366 e. The van der Waals surface area contributed by atoms with Gasteiger partial charge in [-0.3, -0.25) is 4.79 Å². The molecular weight excluding hydrogens is 264 g/mol. The van der Waals surface area contributed by atoms with Gasteiger partial charge in [0.25, 0.3) is 5.91 Å². The van der Waals surface area contributed by atoms with E-state index in [4.69, 9.17) is 5.73 Å². The lowest BCUT2D eigenvalue weighted by molar-refractivity contribution is 0.100. The third-order valence-corrected chi connectivity index (χ3v) is 4.08. The van der Waals surface area contributed by atoms with Crippen LogP contribution in [0.15, 0.2) is 18.2 Å². The molecule has 1 aliphatic heterocycles. The van der Waals surface area contributed by atoms with Crippen LogP contribution in [0.2, 0.25) is 0 Å². The molecule has 2 heterocycles. The topological polar surface area (TPSA) is 75.0 Å². The smallest absolute Gasteiger partial charge is 0.250 e. The van der Waals surface area contributed by atoms with Crippen molar-refractivity contribution < 1.29 is 4.79 Å². The van der Waals surface area contributed by atoms with E-state index in [0.717, 1.165) is 37.4 Å². The number of likely N-dealkylation sites (tertiary alicyclic amines) is 1. The lowest BCUT2D eigenvalue weighted by Crippen LogP contribution is -2.25. The number of fused-ring (bicyclic) bond motifs is 1. The summed E-state index contributed by atoms with van der Waals surface area (Å²) in [6.07, 6.45) is 1.11. The molecule has 1 fully saturated rings. The number of para-hydroxylation sites is 1. The number of carbonyl (C=O) groups excluding carboxylic acids is 1. The lowest BCUT2D eigenvalue weighted by atomic mass is 10.1. The van der Waals surface area contributed by atoms with E-state index in [-0.39, 0.29) is 0 Å². The highest BCUT2D eigenvalue weighted by molar-refractivity contribution is 6.04. The normalized spacial score (nSPS) is 19.7. The van der Waals surface area contributed by atoms with Gasteiger partial charge in [-0.15, -0.1) is 0 Å². The van der Waals surface area contributed by atoms with Crippen molar-refractivity contribution in [2.45, 2.75) is 26.2 Å². The monoisotopic (exact) mass is 286 g/mol. The fourth-order valence-corrected chi connectivity index (χ4v) is 3.18. The van der Waals surface area contributed by atoms with E-state index in [2.05, 4.69) is 28.7 Å². The SMILES string of the molecule is CC(C)CN1CC[C@H](c2nc3c(C(N)=O)cccc3[nH]2)C1. The molecule has 0 radical (unpaired) electrons. The average molecular weight is 286 g/mol. The molecule has 0 aliphatic carbocycles. The van der Waals surface area contributed by atoms with E-state index < -0.39 is 5.91 Å². The number of H-pyrrole nitrogens is 1. The minimum atomic E-state index is -0.425. The molecule has 3 rings (SSSR count). The van der Waals surface area contributed by atoms with E-state index in [1.54, 1.807) is 6.07 Å². The van der Waals surface area contributed by atoms with Crippen molar-refractivity contribution in [1.29, 1.82) is 0 Å². The Morgan fingerprint density at radius 1 is 1.52 bits per heavy atom. The third-order valence-electron chi connectivity index (χ3n) is 4.08. The van der Waals surface area contributed by atoms with Crippen LogP contribution in [0, 0.1) is 5.92 Å². The third kappa shape index (κ3) is 2.78. The summed E-state index contributed by atoms with van der Waals surface area (Å²) in [7, 11) is 0. The number of nitrogens with one attached hydrogen (secondary N) is 1. The lowest BCUT2D eigenvalue weighted by Gasteiger charge is -2.17. The highest BCUT2D eigenvalue weighted by Gasteiger charge is 2.27. The molecule has 1 aliphatic rings. The molecule has 112 valence electrons. The van der Waals surface area contributed by atoms with E-state index in [1.165, 1.54) is 0 Å². The summed E-state index contributed by atoms with van der Waals surface area (Å²) in [5, 5.41) is 0. The second-order valence-corrected chi connectivity index (χ2v) is 6.33. The maximum atomic E-state index is 11.5. The van der Waals surface area contributed by atoms with Crippen molar-refractivity contribution in [3.8, 4) is 0 Å². The van der Waals surface area contributed by atoms with Crippen LogP contribution in [0.5, 0.6) is 0 Å². The number of aromatic nitrogens is 2. The fraction of sp³-hybridized carbons (Fsp3) is 0.500. The van der Waals surface area contributed by atoms with Gasteiger partial charge in [-0.25, -0.2) is 4.98 Å². The first-order valence-electron chi connectivity index (χ1n) is 7.55. The predicted molar refractivity (Wildman–Crippen MR) is 83.2 cm³/mol. The number of primary amides is 1. The first-order chi connectivity index (χ1) is 10.0. The number of amides is 1. The van der Waals surface area contributed by atoms with Gasteiger partial charge in [0.05, 0.1) is 11.1 Å². The van der Waals surface area contributed by atoms with Gasteiger partial charge in [-0.1, -0.05) is 19.9 Å². The van der Waals surface area contributed by atoms with Gasteiger partial charge in [0, 0.05) is 19.0 Å². The van der Waals surface area contributed by atoms with Crippen LogP contribution in [0.4, 0.5) is 0 Å². The van der Waals surface area contributed by atoms with Gasteiger partial charge in [0.15, 0.2) is 0 Å². The Balaban J connectivity index is 1.85. The molecule has 5 heteroatoms. The fourth-order valence-electron chi connectivity index (χ4n) is 3.18. The number of aromatic amines is 1. The second kappa shape index (κ2) is 5.48. The zero-order chi connectivity index (χ0) is 15.0. The van der Waals surface area contributed by atoms with Crippen LogP contribution < -0.4 is 5.73 Å². The zero-order valence-electron chi connectivity index (χ0n) is 12.6. The summed E-state index contributed by atoms with van der Waals surface area (Å²) in [6, 6.07) is 5.51. The number of rotatable bonds is 4. The minimum absolute atomic E-state index is 0.414. The molecule has 0 spiro atoms. The van der Waals surface area contributed by atoms with E-state index in [1.807, 2.05) is 12.1 Å². The maximum Gasteiger partial charge on any atom is 0.250 e. The van der Waals surface area contributed by atoms with E-state index in [9.17, 15) is 4.79 Å². The average Bonchev–Trinajstić information content (AvgIpc) is 3.02. The molecule has 21 heavy (non-hydrogen) atoms. The second-order valence-electron chi connectivity index (χ2n) is 6.33. The van der Waals surface area contributed by atoms with Crippen molar-refractivity contribution >= 4 is 16.9 Å². The Hall–Kier alpha value is -1.88. The van der Waals surface area contributed by atoms with Gasteiger partial charge in [0.2, 0.25) is 0 Å². The van der Waals surface area contributed by atoms with Crippen LogP contribution in [-0.4, -0.2) is 40.4 Å². The summed E-state index contributed by atoms with van der Waals surface area (Å²) in [4.78, 5) is 22.0. The predicted octanol–water partition coefficient (Wildman–Crippen LogP) is 2.11. The summed E-state index contributed by atoms with van der Waals surface area (Å²) in [6.45, 7) is 7.76. The Labute approximate surface area is 124 Å². The summed E-state index contributed by atoms with van der Waals surface area (Å²) >= 11 is 0. The molecule has 1 amide bonds. The summed E-state index contributed by atoms with van der Waals surface area (Å²) in [5.74, 6) is 1.65. The van der Waals surface area contributed by atoms with Crippen molar-refractivity contribution in [2.24, 2.45) is 11.7 Å². The van der Waals surface area contributed by atoms with Gasteiger partial charge in [-0.2, -0.15) is 0 Å². The number of nitrogens with two attached hydrogens (primary N) is 1. The first-order valence-corrected chi connectivity index (χ1v) is 7.55.